The summed E-state index contributed by atoms with van der Waals surface area (Å²) >= 11 is 0. The number of rotatable bonds is 5. The highest BCUT2D eigenvalue weighted by Crippen LogP contribution is 2.29. The van der Waals surface area contributed by atoms with E-state index in [9.17, 15) is 9.18 Å². The van der Waals surface area contributed by atoms with E-state index in [1.807, 2.05) is 22.6 Å². The number of carbonyl (C=O) groups excluding carboxylic acids is 1. The number of hydrogen-bond donors (Lipinski definition) is 1. The lowest BCUT2D eigenvalue weighted by molar-refractivity contribution is -0.133. The largest absolute Gasteiger partial charge is 0.394 e. The van der Waals surface area contributed by atoms with Crippen LogP contribution >= 0.6 is 0 Å². The van der Waals surface area contributed by atoms with Crippen molar-refractivity contribution in [3.05, 3.63) is 53.6 Å². The molecule has 1 fully saturated rings. The van der Waals surface area contributed by atoms with Gasteiger partial charge < -0.3 is 10.0 Å². The number of piperidine rings is 1. The van der Waals surface area contributed by atoms with Crippen LogP contribution in [-0.4, -0.2) is 45.4 Å². The number of nitrogens with zero attached hydrogens (tertiary/aromatic N) is 3. The van der Waals surface area contributed by atoms with Gasteiger partial charge in [0.2, 0.25) is 5.91 Å². The van der Waals surface area contributed by atoms with Crippen molar-refractivity contribution >= 4 is 5.91 Å². The molecule has 3 rings (SSSR count). The van der Waals surface area contributed by atoms with Crippen molar-refractivity contribution in [2.24, 2.45) is 0 Å². The second kappa shape index (κ2) is 7.78. The summed E-state index contributed by atoms with van der Waals surface area (Å²) in [6.45, 7) is 3.77. The van der Waals surface area contributed by atoms with Crippen molar-refractivity contribution in [2.45, 2.75) is 38.1 Å². The molecule has 6 heteroatoms. The predicted octanol–water partition coefficient (Wildman–Crippen LogP) is 2.52. The standard InChI is InChI=1S/C19H24FN3O2/c1-14(16-3-2-4-17(20)13-16)19(25)22-9-6-15(7-10-22)18-5-8-21-23(18)11-12-24/h2-5,8,13-15,24H,6-7,9-12H2,1H3. The Bertz CT molecular complexity index is 723. The third kappa shape index (κ3) is 3.90. The van der Waals surface area contributed by atoms with Gasteiger partial charge >= 0.3 is 0 Å². The molecule has 1 aromatic heterocycles. The Morgan fingerprint density at radius 2 is 2.12 bits per heavy atom. The molecule has 1 atom stereocenters. The third-order valence-electron chi connectivity index (χ3n) is 5.01. The Kier molecular flexibility index (Phi) is 5.48. The molecule has 1 amide bonds. The average Bonchev–Trinajstić information content (AvgIpc) is 3.09. The molecule has 1 N–H and O–H groups in total. The molecule has 1 unspecified atom stereocenters. The zero-order valence-corrected chi connectivity index (χ0v) is 14.4. The highest BCUT2D eigenvalue weighted by atomic mass is 19.1. The van der Waals surface area contributed by atoms with E-state index in [0.29, 0.717) is 31.1 Å². The van der Waals surface area contributed by atoms with Crippen molar-refractivity contribution in [3.63, 3.8) is 0 Å². The van der Waals surface area contributed by atoms with Crippen LogP contribution in [-0.2, 0) is 11.3 Å². The number of aliphatic hydroxyl groups is 1. The zero-order chi connectivity index (χ0) is 17.8. The van der Waals surface area contributed by atoms with Gasteiger partial charge in [-0.1, -0.05) is 12.1 Å². The van der Waals surface area contributed by atoms with Gasteiger partial charge in [-0.3, -0.25) is 9.48 Å². The Balaban J connectivity index is 1.61. The van der Waals surface area contributed by atoms with Crippen LogP contribution < -0.4 is 0 Å². The number of aliphatic hydroxyl groups excluding tert-OH is 1. The summed E-state index contributed by atoms with van der Waals surface area (Å²) < 4.78 is 15.2. The summed E-state index contributed by atoms with van der Waals surface area (Å²) in [5.41, 5.74) is 1.84. The van der Waals surface area contributed by atoms with Gasteiger partial charge in [-0.05, 0) is 43.5 Å². The fourth-order valence-corrected chi connectivity index (χ4v) is 3.56. The molecular formula is C19H24FN3O2. The van der Waals surface area contributed by atoms with E-state index in [4.69, 9.17) is 5.11 Å². The van der Waals surface area contributed by atoms with Crippen LogP contribution in [0.4, 0.5) is 4.39 Å². The quantitative estimate of drug-likeness (QED) is 0.906. The minimum absolute atomic E-state index is 0.0490. The maximum absolute atomic E-state index is 13.4. The van der Waals surface area contributed by atoms with Crippen LogP contribution in [0, 0.1) is 5.82 Å². The predicted molar refractivity (Wildman–Crippen MR) is 92.7 cm³/mol. The van der Waals surface area contributed by atoms with Crippen LogP contribution in [0.15, 0.2) is 36.5 Å². The van der Waals surface area contributed by atoms with Crippen LogP contribution in [0.2, 0.25) is 0 Å². The van der Waals surface area contributed by atoms with Gasteiger partial charge in [-0.2, -0.15) is 5.10 Å². The van der Waals surface area contributed by atoms with Crippen molar-refractivity contribution < 1.29 is 14.3 Å². The van der Waals surface area contributed by atoms with Crippen molar-refractivity contribution in [1.82, 2.24) is 14.7 Å². The maximum atomic E-state index is 13.4. The number of aromatic nitrogens is 2. The van der Waals surface area contributed by atoms with Crippen molar-refractivity contribution in [1.29, 1.82) is 0 Å². The number of carbonyl (C=O) groups is 1. The first-order chi connectivity index (χ1) is 12.1. The summed E-state index contributed by atoms with van der Waals surface area (Å²) in [6.07, 6.45) is 3.51. The monoisotopic (exact) mass is 345 g/mol. The number of amides is 1. The summed E-state index contributed by atoms with van der Waals surface area (Å²) in [5, 5.41) is 13.4. The van der Waals surface area contributed by atoms with E-state index in [0.717, 1.165) is 18.5 Å². The molecule has 1 aliphatic heterocycles. The fourth-order valence-electron chi connectivity index (χ4n) is 3.56. The molecule has 0 aliphatic carbocycles. The van der Waals surface area contributed by atoms with E-state index in [1.54, 1.807) is 18.3 Å². The van der Waals surface area contributed by atoms with Crippen molar-refractivity contribution in [3.8, 4) is 0 Å². The normalized spacial score (nSPS) is 16.8. The molecule has 1 aromatic carbocycles. The van der Waals surface area contributed by atoms with E-state index in [1.165, 1.54) is 12.1 Å². The molecule has 0 saturated carbocycles. The molecule has 25 heavy (non-hydrogen) atoms. The molecule has 0 bridgehead atoms. The Hall–Kier alpha value is -2.21. The number of likely N-dealkylation sites (tertiary alicyclic amines) is 1. The molecule has 1 saturated heterocycles. The smallest absolute Gasteiger partial charge is 0.229 e. The summed E-state index contributed by atoms with van der Waals surface area (Å²) in [6, 6.07) is 8.26. The first kappa shape index (κ1) is 17.6. The van der Waals surface area contributed by atoms with Gasteiger partial charge in [0, 0.05) is 30.9 Å². The Morgan fingerprint density at radius 1 is 1.36 bits per heavy atom. The SMILES string of the molecule is CC(C(=O)N1CCC(c2ccnn2CCO)CC1)c1cccc(F)c1. The molecule has 2 heterocycles. The molecule has 134 valence electrons. The Labute approximate surface area is 147 Å². The van der Waals surface area contributed by atoms with Crippen LogP contribution in [0.25, 0.3) is 0 Å². The Morgan fingerprint density at radius 3 is 2.80 bits per heavy atom. The molecule has 2 aromatic rings. The maximum Gasteiger partial charge on any atom is 0.229 e. The highest BCUT2D eigenvalue weighted by Gasteiger charge is 2.28. The number of benzene rings is 1. The summed E-state index contributed by atoms with van der Waals surface area (Å²) in [4.78, 5) is 14.6. The zero-order valence-electron chi connectivity index (χ0n) is 14.4. The van der Waals surface area contributed by atoms with Crippen molar-refractivity contribution in [2.75, 3.05) is 19.7 Å². The van der Waals surface area contributed by atoms with Gasteiger partial charge in [-0.15, -0.1) is 0 Å². The second-order valence-electron chi connectivity index (χ2n) is 6.58. The van der Waals surface area contributed by atoms with E-state index >= 15 is 0 Å². The van der Waals surface area contributed by atoms with Gasteiger partial charge in [0.25, 0.3) is 0 Å². The first-order valence-electron chi connectivity index (χ1n) is 8.77. The van der Waals surface area contributed by atoms with E-state index in [2.05, 4.69) is 5.10 Å². The molecule has 5 nitrogen and oxygen atoms in total. The summed E-state index contributed by atoms with van der Waals surface area (Å²) in [5.74, 6) is -0.254. The van der Waals surface area contributed by atoms with Gasteiger partial charge in [0.15, 0.2) is 0 Å². The van der Waals surface area contributed by atoms with Gasteiger partial charge in [-0.25, -0.2) is 4.39 Å². The average molecular weight is 345 g/mol. The summed E-state index contributed by atoms with van der Waals surface area (Å²) in [7, 11) is 0. The molecule has 0 radical (unpaired) electrons. The minimum atomic E-state index is -0.341. The van der Waals surface area contributed by atoms with E-state index < -0.39 is 0 Å². The molecular weight excluding hydrogens is 321 g/mol. The second-order valence-corrected chi connectivity index (χ2v) is 6.58. The van der Waals surface area contributed by atoms with E-state index in [-0.39, 0.29) is 24.2 Å². The first-order valence-corrected chi connectivity index (χ1v) is 8.77. The van der Waals surface area contributed by atoms with Gasteiger partial charge in [0.05, 0.1) is 19.1 Å². The van der Waals surface area contributed by atoms with Crippen LogP contribution in [0.1, 0.15) is 42.9 Å². The lowest BCUT2D eigenvalue weighted by Gasteiger charge is -2.34. The van der Waals surface area contributed by atoms with Crippen LogP contribution in [0.5, 0.6) is 0 Å². The van der Waals surface area contributed by atoms with Gasteiger partial charge in [0.1, 0.15) is 5.82 Å². The van der Waals surface area contributed by atoms with Crippen LogP contribution in [0.3, 0.4) is 0 Å². The fraction of sp³-hybridized carbons (Fsp3) is 0.474. The minimum Gasteiger partial charge on any atom is -0.394 e. The highest BCUT2D eigenvalue weighted by molar-refractivity contribution is 5.83. The topological polar surface area (TPSA) is 58.4 Å². The lowest BCUT2D eigenvalue weighted by Crippen LogP contribution is -2.40. The third-order valence-corrected chi connectivity index (χ3v) is 5.01. The number of hydrogen-bond acceptors (Lipinski definition) is 3. The molecule has 1 aliphatic rings. The lowest BCUT2D eigenvalue weighted by atomic mass is 9.91. The number of halogens is 1. The molecule has 0 spiro atoms.